The maximum Gasteiger partial charge on any atom is 0.221 e. The highest BCUT2D eigenvalue weighted by atomic mass is 16.3. The Kier molecular flexibility index (Phi) is 3.57. The van der Waals surface area contributed by atoms with Crippen molar-refractivity contribution in [2.75, 3.05) is 13.1 Å². The summed E-state index contributed by atoms with van der Waals surface area (Å²) in [6, 6.07) is 3.70. The lowest BCUT2D eigenvalue weighted by atomic mass is 9.89. The van der Waals surface area contributed by atoms with E-state index >= 15 is 0 Å². The van der Waals surface area contributed by atoms with Crippen LogP contribution in [0.2, 0.25) is 0 Å². The highest BCUT2D eigenvalue weighted by molar-refractivity contribution is 5.75. The zero-order valence-electron chi connectivity index (χ0n) is 12.9. The van der Waals surface area contributed by atoms with E-state index in [1.807, 2.05) is 12.1 Å². The first-order valence-electron chi connectivity index (χ1n) is 8.46. The van der Waals surface area contributed by atoms with E-state index in [-0.39, 0.29) is 5.91 Å². The van der Waals surface area contributed by atoms with E-state index in [1.54, 1.807) is 6.26 Å². The van der Waals surface area contributed by atoms with E-state index in [0.29, 0.717) is 18.4 Å². The van der Waals surface area contributed by atoms with Gasteiger partial charge in [-0.3, -0.25) is 4.79 Å². The molecule has 0 radical (unpaired) electrons. The smallest absolute Gasteiger partial charge is 0.221 e. The molecule has 0 saturated heterocycles. The minimum absolute atomic E-state index is 0.0791. The summed E-state index contributed by atoms with van der Waals surface area (Å²) in [5.74, 6) is 3.31. The van der Waals surface area contributed by atoms with Crippen LogP contribution >= 0.6 is 0 Å². The lowest BCUT2D eigenvalue weighted by Gasteiger charge is -2.20. The standard InChI is InChI=1S/C18H24N2O2/c21-17(20-12-15-2-1-9-22-15)5-8-19-11-13-10-14-3-4-16(13)18(14)6-7-18/h1-4,9,13-14,16,19H,5-8,10-12H2,(H,20,21)/t13-,14-,16-/m1/s1. The van der Waals surface area contributed by atoms with Crippen LogP contribution in [0.4, 0.5) is 0 Å². The molecule has 3 aliphatic carbocycles. The predicted octanol–water partition coefficient (Wildman–Crippen LogP) is 2.48. The summed E-state index contributed by atoms with van der Waals surface area (Å²) >= 11 is 0. The van der Waals surface area contributed by atoms with Crippen molar-refractivity contribution in [2.45, 2.75) is 32.2 Å². The fraction of sp³-hybridized carbons (Fsp3) is 0.611. The Morgan fingerprint density at radius 2 is 2.27 bits per heavy atom. The number of carbonyl (C=O) groups is 1. The van der Waals surface area contributed by atoms with Crippen molar-refractivity contribution in [3.05, 3.63) is 36.3 Å². The summed E-state index contributed by atoms with van der Waals surface area (Å²) in [6.45, 7) is 2.29. The van der Waals surface area contributed by atoms with Crippen molar-refractivity contribution in [1.29, 1.82) is 0 Å². The largest absolute Gasteiger partial charge is 0.467 e. The Morgan fingerprint density at radius 3 is 3.00 bits per heavy atom. The van der Waals surface area contributed by atoms with Crippen LogP contribution in [0.5, 0.6) is 0 Å². The van der Waals surface area contributed by atoms with Crippen LogP contribution in [0, 0.1) is 23.2 Å². The summed E-state index contributed by atoms with van der Waals surface area (Å²) in [5, 5.41) is 6.36. The van der Waals surface area contributed by atoms with Crippen LogP contribution in [0.15, 0.2) is 35.0 Å². The zero-order valence-corrected chi connectivity index (χ0v) is 12.9. The molecule has 3 aliphatic rings. The number of rotatable bonds is 7. The molecular formula is C18H24N2O2. The van der Waals surface area contributed by atoms with Gasteiger partial charge in [0.2, 0.25) is 5.91 Å². The highest BCUT2D eigenvalue weighted by Crippen LogP contribution is 2.69. The van der Waals surface area contributed by atoms with Crippen LogP contribution in [0.3, 0.4) is 0 Å². The predicted molar refractivity (Wildman–Crippen MR) is 83.9 cm³/mol. The zero-order chi connectivity index (χ0) is 15.0. The molecule has 118 valence electrons. The molecule has 0 unspecified atom stereocenters. The third kappa shape index (κ3) is 2.50. The number of allylic oxidation sites excluding steroid dienone is 2. The molecule has 2 fully saturated rings. The monoisotopic (exact) mass is 300 g/mol. The second kappa shape index (κ2) is 5.58. The molecule has 4 nitrogen and oxygen atoms in total. The molecule has 22 heavy (non-hydrogen) atoms. The van der Waals surface area contributed by atoms with Crippen molar-refractivity contribution in [3.63, 3.8) is 0 Å². The minimum Gasteiger partial charge on any atom is -0.467 e. The molecule has 2 N–H and O–H groups in total. The summed E-state index contributed by atoms with van der Waals surface area (Å²) in [6.07, 6.45) is 11.3. The molecule has 2 saturated carbocycles. The van der Waals surface area contributed by atoms with Crippen LogP contribution in [-0.2, 0) is 11.3 Å². The molecule has 4 rings (SSSR count). The number of amides is 1. The van der Waals surface area contributed by atoms with Crippen LogP contribution in [-0.4, -0.2) is 19.0 Å². The first-order chi connectivity index (χ1) is 10.8. The number of hydrogen-bond acceptors (Lipinski definition) is 3. The molecule has 3 atom stereocenters. The van der Waals surface area contributed by atoms with E-state index in [0.717, 1.165) is 36.6 Å². The van der Waals surface area contributed by atoms with Gasteiger partial charge < -0.3 is 15.1 Å². The first-order valence-corrected chi connectivity index (χ1v) is 8.46. The Morgan fingerprint density at radius 1 is 1.36 bits per heavy atom. The topological polar surface area (TPSA) is 54.3 Å². The summed E-state index contributed by atoms with van der Waals surface area (Å²) in [4.78, 5) is 11.8. The van der Waals surface area contributed by atoms with Gasteiger partial charge in [0.05, 0.1) is 12.8 Å². The molecule has 1 aromatic rings. The molecular weight excluding hydrogens is 276 g/mol. The number of nitrogens with one attached hydrogen (secondary N) is 2. The van der Waals surface area contributed by atoms with Gasteiger partial charge in [-0.1, -0.05) is 12.2 Å². The van der Waals surface area contributed by atoms with E-state index in [1.165, 1.54) is 19.3 Å². The molecule has 1 amide bonds. The number of furan rings is 1. The van der Waals surface area contributed by atoms with E-state index in [2.05, 4.69) is 22.8 Å². The Balaban J connectivity index is 1.13. The van der Waals surface area contributed by atoms with Crippen LogP contribution in [0.25, 0.3) is 0 Å². The van der Waals surface area contributed by atoms with Gasteiger partial charge in [-0.2, -0.15) is 0 Å². The van der Waals surface area contributed by atoms with Gasteiger partial charge in [0.1, 0.15) is 5.76 Å². The third-order valence-corrected chi connectivity index (χ3v) is 5.82. The second-order valence-electron chi connectivity index (χ2n) is 7.06. The van der Waals surface area contributed by atoms with Gasteiger partial charge in [0.15, 0.2) is 0 Å². The lowest BCUT2D eigenvalue weighted by Crippen LogP contribution is -2.31. The maximum absolute atomic E-state index is 11.8. The molecule has 1 spiro atoms. The molecule has 2 bridgehead atoms. The molecule has 1 aromatic heterocycles. The summed E-state index contributed by atoms with van der Waals surface area (Å²) in [7, 11) is 0. The van der Waals surface area contributed by atoms with E-state index < -0.39 is 0 Å². The molecule has 1 heterocycles. The average molecular weight is 300 g/mol. The van der Waals surface area contributed by atoms with Gasteiger partial charge in [-0.05, 0) is 61.1 Å². The second-order valence-corrected chi connectivity index (χ2v) is 7.06. The van der Waals surface area contributed by atoms with Crippen molar-refractivity contribution in [3.8, 4) is 0 Å². The summed E-state index contributed by atoms with van der Waals surface area (Å²) < 4.78 is 5.19. The van der Waals surface area contributed by atoms with Gasteiger partial charge in [-0.15, -0.1) is 0 Å². The van der Waals surface area contributed by atoms with Crippen molar-refractivity contribution in [2.24, 2.45) is 23.2 Å². The quantitative estimate of drug-likeness (QED) is 0.601. The van der Waals surface area contributed by atoms with Crippen molar-refractivity contribution < 1.29 is 9.21 Å². The minimum atomic E-state index is 0.0791. The highest BCUT2D eigenvalue weighted by Gasteiger charge is 2.62. The maximum atomic E-state index is 11.8. The summed E-state index contributed by atoms with van der Waals surface area (Å²) in [5.41, 5.74) is 0.673. The Bertz CT molecular complexity index is 560. The Labute approximate surface area is 131 Å². The molecule has 4 heteroatoms. The molecule has 0 aromatic carbocycles. The van der Waals surface area contributed by atoms with Crippen molar-refractivity contribution in [1.82, 2.24) is 10.6 Å². The van der Waals surface area contributed by atoms with Gasteiger partial charge in [0, 0.05) is 13.0 Å². The number of hydrogen-bond donors (Lipinski definition) is 2. The van der Waals surface area contributed by atoms with Crippen LogP contribution in [0.1, 0.15) is 31.4 Å². The van der Waals surface area contributed by atoms with E-state index in [9.17, 15) is 4.79 Å². The normalized spacial score (nSPS) is 30.1. The average Bonchev–Trinajstić information content (AvgIpc) is 2.89. The lowest BCUT2D eigenvalue weighted by molar-refractivity contribution is -0.121. The SMILES string of the molecule is O=C(CCNC[C@H]1C[C@H]2C=C[C@H]1C21CC1)NCc1ccco1. The molecule has 0 aliphatic heterocycles. The fourth-order valence-corrected chi connectivity index (χ4v) is 4.53. The van der Waals surface area contributed by atoms with Gasteiger partial charge >= 0.3 is 0 Å². The first kappa shape index (κ1) is 14.1. The van der Waals surface area contributed by atoms with Gasteiger partial charge in [0.25, 0.3) is 0 Å². The van der Waals surface area contributed by atoms with Crippen LogP contribution < -0.4 is 10.6 Å². The fourth-order valence-electron chi connectivity index (χ4n) is 4.53. The van der Waals surface area contributed by atoms with E-state index in [4.69, 9.17) is 4.42 Å². The number of carbonyl (C=O) groups excluding carboxylic acids is 1. The third-order valence-electron chi connectivity index (χ3n) is 5.82. The van der Waals surface area contributed by atoms with Gasteiger partial charge in [-0.25, -0.2) is 0 Å². The van der Waals surface area contributed by atoms with Crippen molar-refractivity contribution >= 4 is 5.91 Å². The Hall–Kier alpha value is -1.55.